The van der Waals surface area contributed by atoms with E-state index in [1.54, 1.807) is 12.1 Å². The maximum atomic E-state index is 12.5. The van der Waals surface area contributed by atoms with Crippen LogP contribution in [0.15, 0.2) is 48.5 Å². The lowest BCUT2D eigenvalue weighted by Gasteiger charge is -2.06. The molecule has 5 heteroatoms. The van der Waals surface area contributed by atoms with Gasteiger partial charge in [0.05, 0.1) is 5.56 Å². The van der Waals surface area contributed by atoms with Gasteiger partial charge in [-0.25, -0.2) is 0 Å². The Morgan fingerprint density at radius 1 is 0.900 bits per heavy atom. The van der Waals surface area contributed by atoms with Crippen molar-refractivity contribution in [3.8, 4) is 11.3 Å². The van der Waals surface area contributed by atoms with Crippen molar-refractivity contribution in [1.29, 1.82) is 0 Å². The molecule has 3 aromatic rings. The molecule has 0 amide bonds. The van der Waals surface area contributed by atoms with E-state index < -0.39 is 11.7 Å². The van der Waals surface area contributed by atoms with Crippen LogP contribution < -0.4 is 0 Å². The molecular formula is C15H9ClF3N. The van der Waals surface area contributed by atoms with E-state index in [1.807, 2.05) is 12.1 Å². The second-order valence-corrected chi connectivity index (χ2v) is 4.93. The van der Waals surface area contributed by atoms with Gasteiger partial charge in [-0.05, 0) is 35.9 Å². The fourth-order valence-corrected chi connectivity index (χ4v) is 2.27. The molecule has 1 N–H and O–H groups in total. The molecule has 0 atom stereocenters. The molecule has 0 aliphatic rings. The molecule has 3 rings (SSSR count). The maximum absolute atomic E-state index is 12.5. The molecule has 0 aliphatic heterocycles. The van der Waals surface area contributed by atoms with Crippen molar-refractivity contribution >= 4 is 22.5 Å². The van der Waals surface area contributed by atoms with Crippen LogP contribution >= 0.6 is 11.6 Å². The van der Waals surface area contributed by atoms with Crippen LogP contribution in [0.2, 0.25) is 5.02 Å². The molecular weight excluding hydrogens is 287 g/mol. The second-order valence-electron chi connectivity index (χ2n) is 4.49. The van der Waals surface area contributed by atoms with Crippen LogP contribution in [-0.2, 0) is 6.18 Å². The first-order valence-corrected chi connectivity index (χ1v) is 6.27. The SMILES string of the molecule is FC(F)(F)c1ccc(-c2cc3ccc(Cl)cc3[nH]2)cc1. The highest BCUT2D eigenvalue weighted by atomic mass is 35.5. The van der Waals surface area contributed by atoms with Crippen LogP contribution in [0.25, 0.3) is 22.2 Å². The molecule has 0 fully saturated rings. The number of hydrogen-bond donors (Lipinski definition) is 1. The topological polar surface area (TPSA) is 15.8 Å². The Balaban J connectivity index is 2.02. The molecule has 0 bridgehead atoms. The Morgan fingerprint density at radius 3 is 2.25 bits per heavy atom. The zero-order chi connectivity index (χ0) is 14.3. The van der Waals surface area contributed by atoms with Crippen molar-refractivity contribution in [2.24, 2.45) is 0 Å². The van der Waals surface area contributed by atoms with E-state index in [-0.39, 0.29) is 0 Å². The lowest BCUT2D eigenvalue weighted by atomic mass is 10.1. The predicted molar refractivity (Wildman–Crippen MR) is 73.7 cm³/mol. The molecule has 0 aliphatic carbocycles. The molecule has 1 heterocycles. The van der Waals surface area contributed by atoms with Gasteiger partial charge in [-0.1, -0.05) is 29.8 Å². The minimum Gasteiger partial charge on any atom is -0.354 e. The third-order valence-electron chi connectivity index (χ3n) is 3.11. The van der Waals surface area contributed by atoms with Gasteiger partial charge in [-0.2, -0.15) is 13.2 Å². The van der Waals surface area contributed by atoms with Crippen molar-refractivity contribution in [3.63, 3.8) is 0 Å². The largest absolute Gasteiger partial charge is 0.416 e. The number of nitrogens with one attached hydrogen (secondary N) is 1. The van der Waals surface area contributed by atoms with E-state index in [0.717, 1.165) is 28.7 Å². The lowest BCUT2D eigenvalue weighted by Crippen LogP contribution is -2.03. The summed E-state index contributed by atoms with van der Waals surface area (Å²) in [5.74, 6) is 0. The first-order chi connectivity index (χ1) is 9.43. The summed E-state index contributed by atoms with van der Waals surface area (Å²) >= 11 is 5.90. The third kappa shape index (κ3) is 2.39. The van der Waals surface area contributed by atoms with Crippen molar-refractivity contribution in [3.05, 3.63) is 59.1 Å². The summed E-state index contributed by atoms with van der Waals surface area (Å²) in [4.78, 5) is 3.15. The number of hydrogen-bond acceptors (Lipinski definition) is 0. The Hall–Kier alpha value is -1.94. The van der Waals surface area contributed by atoms with Crippen LogP contribution in [0.1, 0.15) is 5.56 Å². The van der Waals surface area contributed by atoms with Crippen LogP contribution in [0.3, 0.4) is 0 Å². The first kappa shape index (κ1) is 13.1. The van der Waals surface area contributed by atoms with E-state index in [4.69, 9.17) is 11.6 Å². The fourth-order valence-electron chi connectivity index (χ4n) is 2.09. The molecule has 20 heavy (non-hydrogen) atoms. The Bertz CT molecular complexity index is 757. The van der Waals surface area contributed by atoms with E-state index in [2.05, 4.69) is 4.98 Å². The van der Waals surface area contributed by atoms with Crippen LogP contribution in [0.5, 0.6) is 0 Å². The molecule has 1 nitrogen and oxygen atoms in total. The van der Waals surface area contributed by atoms with Gasteiger partial charge in [0.1, 0.15) is 0 Å². The smallest absolute Gasteiger partial charge is 0.354 e. The zero-order valence-corrected chi connectivity index (χ0v) is 10.9. The number of H-pyrrole nitrogens is 1. The highest BCUT2D eigenvalue weighted by Gasteiger charge is 2.29. The Labute approximate surface area is 118 Å². The van der Waals surface area contributed by atoms with Gasteiger partial charge in [0.2, 0.25) is 0 Å². The minimum absolute atomic E-state index is 0.610. The van der Waals surface area contributed by atoms with E-state index in [1.165, 1.54) is 12.1 Å². The quantitative estimate of drug-likeness (QED) is 0.609. The minimum atomic E-state index is -4.31. The summed E-state index contributed by atoms with van der Waals surface area (Å²) in [6, 6.07) is 12.4. The zero-order valence-electron chi connectivity index (χ0n) is 10.1. The van der Waals surface area contributed by atoms with Gasteiger partial charge in [0, 0.05) is 21.6 Å². The summed E-state index contributed by atoms with van der Waals surface area (Å²) in [6.07, 6.45) is -4.31. The van der Waals surface area contributed by atoms with Gasteiger partial charge in [-0.15, -0.1) is 0 Å². The van der Waals surface area contributed by atoms with E-state index >= 15 is 0 Å². The maximum Gasteiger partial charge on any atom is 0.416 e. The molecule has 2 aromatic carbocycles. The lowest BCUT2D eigenvalue weighted by molar-refractivity contribution is -0.137. The molecule has 1 aromatic heterocycles. The predicted octanol–water partition coefficient (Wildman–Crippen LogP) is 5.51. The van der Waals surface area contributed by atoms with Crippen molar-refractivity contribution in [1.82, 2.24) is 4.98 Å². The van der Waals surface area contributed by atoms with Gasteiger partial charge >= 0.3 is 6.18 Å². The highest BCUT2D eigenvalue weighted by molar-refractivity contribution is 6.31. The standard InChI is InChI=1S/C15H9ClF3N/c16-12-6-3-10-7-13(20-14(10)8-12)9-1-4-11(5-2-9)15(17,18)19/h1-8,20H. The summed E-state index contributed by atoms with van der Waals surface area (Å²) in [6.45, 7) is 0. The van der Waals surface area contributed by atoms with Crippen molar-refractivity contribution in [2.75, 3.05) is 0 Å². The fraction of sp³-hybridized carbons (Fsp3) is 0.0667. The average Bonchev–Trinajstić information content (AvgIpc) is 2.80. The summed E-state index contributed by atoms with van der Waals surface area (Å²) in [5, 5.41) is 1.57. The van der Waals surface area contributed by atoms with Crippen LogP contribution in [0, 0.1) is 0 Å². The normalized spacial score (nSPS) is 12.0. The van der Waals surface area contributed by atoms with Crippen molar-refractivity contribution in [2.45, 2.75) is 6.18 Å². The van der Waals surface area contributed by atoms with E-state index in [0.29, 0.717) is 10.6 Å². The Morgan fingerprint density at radius 2 is 1.60 bits per heavy atom. The number of aromatic amines is 1. The summed E-state index contributed by atoms with van der Waals surface area (Å²) in [5.41, 5.74) is 1.66. The van der Waals surface area contributed by atoms with E-state index in [9.17, 15) is 13.2 Å². The average molecular weight is 296 g/mol. The van der Waals surface area contributed by atoms with Gasteiger partial charge in [0.25, 0.3) is 0 Å². The molecule has 0 radical (unpaired) electrons. The molecule has 0 saturated heterocycles. The molecule has 0 spiro atoms. The highest BCUT2D eigenvalue weighted by Crippen LogP contribution is 2.31. The summed E-state index contributed by atoms with van der Waals surface area (Å²) < 4.78 is 37.5. The third-order valence-corrected chi connectivity index (χ3v) is 3.34. The number of alkyl halides is 3. The monoisotopic (exact) mass is 295 g/mol. The Kier molecular flexibility index (Phi) is 2.98. The van der Waals surface area contributed by atoms with Gasteiger partial charge < -0.3 is 4.98 Å². The number of halogens is 4. The first-order valence-electron chi connectivity index (χ1n) is 5.89. The number of aromatic nitrogens is 1. The molecule has 0 unspecified atom stereocenters. The summed E-state index contributed by atoms with van der Waals surface area (Å²) in [7, 11) is 0. The number of fused-ring (bicyclic) bond motifs is 1. The number of rotatable bonds is 1. The second kappa shape index (κ2) is 4.56. The van der Waals surface area contributed by atoms with Gasteiger partial charge in [-0.3, -0.25) is 0 Å². The number of benzene rings is 2. The van der Waals surface area contributed by atoms with Crippen LogP contribution in [-0.4, -0.2) is 4.98 Å². The van der Waals surface area contributed by atoms with Gasteiger partial charge in [0.15, 0.2) is 0 Å². The van der Waals surface area contributed by atoms with Crippen LogP contribution in [0.4, 0.5) is 13.2 Å². The van der Waals surface area contributed by atoms with Crippen molar-refractivity contribution < 1.29 is 13.2 Å². The molecule has 102 valence electrons. The molecule has 0 saturated carbocycles.